The van der Waals surface area contributed by atoms with Gasteiger partial charge in [-0.15, -0.1) is 0 Å². The molecule has 0 saturated carbocycles. The van der Waals surface area contributed by atoms with E-state index in [2.05, 4.69) is 4.98 Å². The van der Waals surface area contributed by atoms with Crippen LogP contribution in [0, 0.1) is 10.1 Å². The number of rotatable bonds is 2. The van der Waals surface area contributed by atoms with Gasteiger partial charge in [-0.1, -0.05) is 0 Å². The van der Waals surface area contributed by atoms with Gasteiger partial charge in [0.2, 0.25) is 0 Å². The van der Waals surface area contributed by atoms with Gasteiger partial charge in [-0.25, -0.2) is 13.8 Å². The van der Waals surface area contributed by atoms with Gasteiger partial charge >= 0.3 is 0 Å². The Balaban J connectivity index is 3.45. The summed E-state index contributed by atoms with van der Waals surface area (Å²) in [6, 6.07) is 0. The summed E-state index contributed by atoms with van der Waals surface area (Å²) in [5.41, 5.74) is 8.02. The number of hydrogen-bond acceptors (Lipinski definition) is 5. The summed E-state index contributed by atoms with van der Waals surface area (Å²) < 4.78 is 24.7. The standard InChI is InChI=1S/C6H6F2N4O2/c7-5(8)3-2(12(13)14)1-11-6(10)4(3)9/h1,5H,9H2,(H2,10,11). The van der Waals surface area contributed by atoms with Gasteiger partial charge in [0.25, 0.3) is 12.1 Å². The van der Waals surface area contributed by atoms with Crippen LogP contribution in [0.2, 0.25) is 0 Å². The summed E-state index contributed by atoms with van der Waals surface area (Å²) in [5, 5.41) is 10.3. The maximum absolute atomic E-state index is 12.4. The third-order valence-corrected chi connectivity index (χ3v) is 1.58. The molecule has 8 heteroatoms. The van der Waals surface area contributed by atoms with Crippen molar-refractivity contribution in [3.8, 4) is 0 Å². The summed E-state index contributed by atoms with van der Waals surface area (Å²) in [6.07, 6.45) is -2.40. The molecular weight excluding hydrogens is 198 g/mol. The highest BCUT2D eigenvalue weighted by Gasteiger charge is 2.26. The largest absolute Gasteiger partial charge is 0.395 e. The van der Waals surface area contributed by atoms with E-state index in [9.17, 15) is 18.9 Å². The van der Waals surface area contributed by atoms with E-state index >= 15 is 0 Å². The lowest BCUT2D eigenvalue weighted by atomic mass is 10.2. The van der Waals surface area contributed by atoms with Crippen LogP contribution < -0.4 is 11.5 Å². The number of nitrogens with zero attached hydrogens (tertiary/aromatic N) is 2. The van der Waals surface area contributed by atoms with Gasteiger partial charge in [-0.2, -0.15) is 0 Å². The molecule has 0 fully saturated rings. The average Bonchev–Trinajstić information content (AvgIpc) is 2.08. The number of hydrogen-bond donors (Lipinski definition) is 2. The molecule has 76 valence electrons. The van der Waals surface area contributed by atoms with Crippen molar-refractivity contribution in [1.82, 2.24) is 4.98 Å². The van der Waals surface area contributed by atoms with Crippen LogP contribution in [-0.2, 0) is 0 Å². The van der Waals surface area contributed by atoms with Gasteiger partial charge in [-0.3, -0.25) is 10.1 Å². The molecule has 0 aliphatic carbocycles. The Kier molecular flexibility index (Phi) is 2.45. The molecule has 0 aromatic carbocycles. The highest BCUT2D eigenvalue weighted by atomic mass is 19.3. The van der Waals surface area contributed by atoms with Crippen molar-refractivity contribution in [1.29, 1.82) is 0 Å². The number of halogens is 2. The molecule has 0 spiro atoms. The van der Waals surface area contributed by atoms with Crippen LogP contribution in [0.15, 0.2) is 6.20 Å². The predicted molar refractivity (Wildman–Crippen MR) is 44.7 cm³/mol. The second kappa shape index (κ2) is 3.40. The Labute approximate surface area is 76.7 Å². The molecule has 0 radical (unpaired) electrons. The molecule has 4 N–H and O–H groups in total. The Morgan fingerprint density at radius 2 is 2.07 bits per heavy atom. The van der Waals surface area contributed by atoms with E-state index in [1.165, 1.54) is 0 Å². The summed E-state index contributed by atoms with van der Waals surface area (Å²) >= 11 is 0. The minimum atomic E-state index is -3.05. The Morgan fingerprint density at radius 1 is 1.50 bits per heavy atom. The number of alkyl halides is 2. The maximum Gasteiger partial charge on any atom is 0.298 e. The minimum absolute atomic E-state index is 0.342. The van der Waals surface area contributed by atoms with E-state index in [1.807, 2.05) is 0 Å². The van der Waals surface area contributed by atoms with Crippen LogP contribution in [0.1, 0.15) is 12.0 Å². The summed E-state index contributed by atoms with van der Waals surface area (Å²) in [7, 11) is 0. The lowest BCUT2D eigenvalue weighted by Crippen LogP contribution is -2.06. The van der Waals surface area contributed by atoms with Crippen molar-refractivity contribution < 1.29 is 13.7 Å². The molecule has 0 aliphatic rings. The fourth-order valence-electron chi connectivity index (χ4n) is 0.921. The molecule has 0 aliphatic heterocycles. The first-order chi connectivity index (χ1) is 6.45. The second-order valence-corrected chi connectivity index (χ2v) is 2.41. The van der Waals surface area contributed by atoms with Crippen molar-refractivity contribution in [2.45, 2.75) is 6.43 Å². The topological polar surface area (TPSA) is 108 Å². The Hall–Kier alpha value is -1.99. The smallest absolute Gasteiger partial charge is 0.298 e. The third kappa shape index (κ3) is 1.53. The normalized spacial score (nSPS) is 10.5. The Morgan fingerprint density at radius 3 is 2.50 bits per heavy atom. The van der Waals surface area contributed by atoms with E-state index in [1.54, 1.807) is 0 Å². The van der Waals surface area contributed by atoms with Crippen LogP contribution in [-0.4, -0.2) is 9.91 Å². The van der Waals surface area contributed by atoms with E-state index in [0.29, 0.717) is 6.20 Å². The second-order valence-electron chi connectivity index (χ2n) is 2.41. The van der Waals surface area contributed by atoms with Crippen molar-refractivity contribution in [3.63, 3.8) is 0 Å². The minimum Gasteiger partial charge on any atom is -0.395 e. The molecule has 1 aromatic heterocycles. The molecule has 1 heterocycles. The van der Waals surface area contributed by atoms with Gasteiger partial charge in [0.05, 0.1) is 10.6 Å². The van der Waals surface area contributed by atoms with Gasteiger partial charge in [0.1, 0.15) is 17.6 Å². The first-order valence-electron chi connectivity index (χ1n) is 3.41. The lowest BCUT2D eigenvalue weighted by Gasteiger charge is -2.06. The van der Waals surface area contributed by atoms with E-state index in [-0.39, 0.29) is 5.82 Å². The lowest BCUT2D eigenvalue weighted by molar-refractivity contribution is -0.386. The molecule has 0 bridgehead atoms. The van der Waals surface area contributed by atoms with Crippen molar-refractivity contribution >= 4 is 17.2 Å². The first kappa shape index (κ1) is 10.1. The van der Waals surface area contributed by atoms with E-state index in [4.69, 9.17) is 11.5 Å². The molecule has 1 aromatic rings. The van der Waals surface area contributed by atoms with Crippen molar-refractivity contribution in [3.05, 3.63) is 21.9 Å². The van der Waals surface area contributed by atoms with Gasteiger partial charge in [0.15, 0.2) is 0 Å². The fourth-order valence-corrected chi connectivity index (χ4v) is 0.921. The summed E-state index contributed by atoms with van der Waals surface area (Å²) in [5.74, 6) is -0.342. The van der Waals surface area contributed by atoms with Gasteiger partial charge in [-0.05, 0) is 0 Å². The highest BCUT2D eigenvalue weighted by Crippen LogP contribution is 2.35. The number of aromatic nitrogens is 1. The van der Waals surface area contributed by atoms with Crippen LogP contribution in [0.3, 0.4) is 0 Å². The molecule has 14 heavy (non-hydrogen) atoms. The van der Waals surface area contributed by atoms with E-state index in [0.717, 1.165) is 0 Å². The molecule has 0 unspecified atom stereocenters. The van der Waals surface area contributed by atoms with Crippen LogP contribution in [0.25, 0.3) is 0 Å². The molecular formula is C6H6F2N4O2. The Bertz CT molecular complexity index is 382. The molecule has 0 amide bonds. The zero-order chi connectivity index (χ0) is 10.9. The molecule has 1 rings (SSSR count). The first-order valence-corrected chi connectivity index (χ1v) is 3.41. The summed E-state index contributed by atoms with van der Waals surface area (Å²) in [4.78, 5) is 12.7. The number of nitrogen functional groups attached to an aromatic ring is 2. The third-order valence-electron chi connectivity index (χ3n) is 1.58. The molecule has 0 saturated heterocycles. The van der Waals surface area contributed by atoms with Crippen LogP contribution >= 0.6 is 0 Å². The zero-order valence-electron chi connectivity index (χ0n) is 6.78. The van der Waals surface area contributed by atoms with Crippen molar-refractivity contribution in [2.24, 2.45) is 0 Å². The predicted octanol–water partition coefficient (Wildman–Crippen LogP) is 1.09. The number of anilines is 2. The monoisotopic (exact) mass is 204 g/mol. The quantitative estimate of drug-likeness (QED) is 0.553. The summed E-state index contributed by atoms with van der Waals surface area (Å²) in [6.45, 7) is 0. The SMILES string of the molecule is Nc1ncc([N+](=O)[O-])c(C(F)F)c1N. The van der Waals surface area contributed by atoms with Crippen LogP contribution in [0.5, 0.6) is 0 Å². The average molecular weight is 204 g/mol. The number of nitrogens with two attached hydrogens (primary N) is 2. The molecule has 6 nitrogen and oxygen atoms in total. The van der Waals surface area contributed by atoms with Crippen LogP contribution in [0.4, 0.5) is 26.0 Å². The van der Waals surface area contributed by atoms with E-state index < -0.39 is 28.3 Å². The van der Waals surface area contributed by atoms with Gasteiger partial charge < -0.3 is 11.5 Å². The zero-order valence-corrected chi connectivity index (χ0v) is 6.78. The maximum atomic E-state index is 12.4. The number of nitro groups is 1. The highest BCUT2D eigenvalue weighted by molar-refractivity contribution is 5.68. The van der Waals surface area contributed by atoms with Gasteiger partial charge in [0, 0.05) is 0 Å². The fraction of sp³-hybridized carbons (Fsp3) is 0.167. The number of pyridine rings is 1. The van der Waals surface area contributed by atoms with Crippen molar-refractivity contribution in [2.75, 3.05) is 11.5 Å². The molecule has 0 atom stereocenters.